The number of benzene rings is 1. The number of carbonyl (C=O) groups excluding carboxylic acids is 1. The summed E-state index contributed by atoms with van der Waals surface area (Å²) in [5, 5.41) is 8.75. The van der Waals surface area contributed by atoms with Crippen LogP contribution in [0.4, 0.5) is 26.3 Å². The zero-order valence-corrected chi connectivity index (χ0v) is 12.3. The summed E-state index contributed by atoms with van der Waals surface area (Å²) >= 11 is -0.977. The number of ether oxygens (including phenoxy) is 1. The average molecular weight is 357 g/mol. The molecule has 0 aliphatic carbocycles. The largest absolute Gasteiger partial charge is 0.466 e. The van der Waals surface area contributed by atoms with Crippen LogP contribution in [-0.2, 0) is 22.1 Å². The summed E-state index contributed by atoms with van der Waals surface area (Å²) in [5.41, 5.74) is -7.66. The SMILES string of the molecule is CCOC(=O)Cc1cc(C#N)cc(C(F)(F)F)c1SC(F)(F)F. The van der Waals surface area contributed by atoms with Gasteiger partial charge in [0.25, 0.3) is 0 Å². The van der Waals surface area contributed by atoms with Crippen LogP contribution < -0.4 is 0 Å². The number of thioether (sulfide) groups is 1. The molecule has 0 bridgehead atoms. The van der Waals surface area contributed by atoms with Gasteiger partial charge in [0.05, 0.1) is 30.2 Å². The lowest BCUT2D eigenvalue weighted by molar-refractivity contribution is -0.143. The van der Waals surface area contributed by atoms with E-state index in [9.17, 15) is 31.1 Å². The van der Waals surface area contributed by atoms with Gasteiger partial charge in [0.1, 0.15) is 0 Å². The summed E-state index contributed by atoms with van der Waals surface area (Å²) in [6, 6.07) is 2.57. The summed E-state index contributed by atoms with van der Waals surface area (Å²) in [5.74, 6) is -0.986. The topological polar surface area (TPSA) is 50.1 Å². The lowest BCUT2D eigenvalue weighted by Crippen LogP contribution is -2.15. The molecule has 0 aliphatic rings. The minimum absolute atomic E-state index is 0.0787. The molecule has 0 amide bonds. The Morgan fingerprint density at radius 1 is 1.26 bits per heavy atom. The Labute approximate surface area is 131 Å². The standard InChI is InChI=1S/C13H9F6NO2S/c1-2-22-10(21)5-8-3-7(6-20)4-9(12(14,15)16)11(8)23-13(17,18)19/h3-4H,2,5H2,1H3. The Morgan fingerprint density at radius 3 is 2.30 bits per heavy atom. The molecular formula is C13H9F6NO2S. The van der Waals surface area contributed by atoms with E-state index in [1.54, 1.807) is 0 Å². The molecule has 0 spiro atoms. The van der Waals surface area contributed by atoms with E-state index >= 15 is 0 Å². The molecule has 3 nitrogen and oxygen atoms in total. The lowest BCUT2D eigenvalue weighted by atomic mass is 10.0. The third-order valence-electron chi connectivity index (χ3n) is 2.46. The molecule has 0 radical (unpaired) electrons. The first-order valence-corrected chi connectivity index (χ1v) is 6.85. The first-order chi connectivity index (χ1) is 10.5. The molecular weight excluding hydrogens is 348 g/mol. The second-order valence-corrected chi connectivity index (χ2v) is 5.23. The van der Waals surface area contributed by atoms with E-state index in [0.29, 0.717) is 6.07 Å². The molecule has 10 heteroatoms. The first-order valence-electron chi connectivity index (χ1n) is 6.03. The van der Waals surface area contributed by atoms with E-state index < -0.39 is 57.4 Å². The van der Waals surface area contributed by atoms with Crippen LogP contribution >= 0.6 is 11.8 Å². The van der Waals surface area contributed by atoms with E-state index in [4.69, 9.17) is 5.26 Å². The number of hydrogen-bond donors (Lipinski definition) is 0. The van der Waals surface area contributed by atoms with Crippen molar-refractivity contribution in [2.75, 3.05) is 6.61 Å². The Kier molecular flexibility index (Phi) is 5.93. The van der Waals surface area contributed by atoms with Crippen molar-refractivity contribution in [3.63, 3.8) is 0 Å². The van der Waals surface area contributed by atoms with Crippen LogP contribution in [0.25, 0.3) is 0 Å². The number of nitrogens with zero attached hydrogens (tertiary/aromatic N) is 1. The highest BCUT2D eigenvalue weighted by Gasteiger charge is 2.40. The normalized spacial score (nSPS) is 11.9. The molecule has 0 heterocycles. The molecule has 0 aliphatic heterocycles. The van der Waals surface area contributed by atoms with Crippen molar-refractivity contribution in [2.24, 2.45) is 0 Å². The third-order valence-corrected chi connectivity index (χ3v) is 3.38. The van der Waals surface area contributed by atoms with Gasteiger partial charge >= 0.3 is 17.7 Å². The van der Waals surface area contributed by atoms with Crippen molar-refractivity contribution in [2.45, 2.75) is 29.9 Å². The van der Waals surface area contributed by atoms with Gasteiger partial charge in [-0.15, -0.1) is 0 Å². The highest BCUT2D eigenvalue weighted by atomic mass is 32.2. The monoisotopic (exact) mass is 357 g/mol. The molecule has 0 aromatic heterocycles. The van der Waals surface area contributed by atoms with Crippen LogP contribution in [0.1, 0.15) is 23.6 Å². The van der Waals surface area contributed by atoms with Crippen molar-refractivity contribution in [3.8, 4) is 6.07 Å². The van der Waals surface area contributed by atoms with Gasteiger partial charge in [-0.2, -0.15) is 31.6 Å². The van der Waals surface area contributed by atoms with E-state index in [2.05, 4.69) is 4.74 Å². The number of carbonyl (C=O) groups is 1. The predicted molar refractivity (Wildman–Crippen MR) is 68.4 cm³/mol. The van der Waals surface area contributed by atoms with Crippen LogP contribution in [0.5, 0.6) is 0 Å². The highest BCUT2D eigenvalue weighted by molar-refractivity contribution is 8.00. The number of nitriles is 1. The van der Waals surface area contributed by atoms with Gasteiger partial charge in [0, 0.05) is 4.90 Å². The quantitative estimate of drug-likeness (QED) is 0.458. The molecule has 1 aromatic rings. The van der Waals surface area contributed by atoms with Crippen molar-refractivity contribution in [3.05, 3.63) is 28.8 Å². The molecule has 0 fully saturated rings. The molecule has 126 valence electrons. The molecule has 0 saturated heterocycles. The van der Waals surface area contributed by atoms with Gasteiger partial charge in [0.2, 0.25) is 0 Å². The summed E-state index contributed by atoms with van der Waals surface area (Å²) in [6.45, 7) is 1.36. The summed E-state index contributed by atoms with van der Waals surface area (Å²) in [6.07, 6.45) is -5.91. The Balaban J connectivity index is 3.50. The number of alkyl halides is 6. The van der Waals surface area contributed by atoms with Gasteiger partial charge in [-0.25, -0.2) is 0 Å². The van der Waals surface area contributed by atoms with Crippen molar-refractivity contribution in [1.82, 2.24) is 0 Å². The van der Waals surface area contributed by atoms with Crippen LogP contribution in [0.15, 0.2) is 17.0 Å². The zero-order chi connectivity index (χ0) is 17.8. The van der Waals surface area contributed by atoms with Gasteiger partial charge in [0.15, 0.2) is 0 Å². The summed E-state index contributed by atoms with van der Waals surface area (Å²) < 4.78 is 81.2. The van der Waals surface area contributed by atoms with Crippen molar-refractivity contribution < 1.29 is 35.9 Å². The summed E-state index contributed by atoms with van der Waals surface area (Å²) in [7, 11) is 0. The Bertz CT molecular complexity index is 633. The maximum Gasteiger partial charge on any atom is 0.446 e. The molecule has 0 saturated carbocycles. The van der Waals surface area contributed by atoms with Crippen LogP contribution in [-0.4, -0.2) is 18.1 Å². The Morgan fingerprint density at radius 2 is 1.87 bits per heavy atom. The maximum absolute atomic E-state index is 13.0. The molecule has 1 rings (SSSR count). The average Bonchev–Trinajstić information content (AvgIpc) is 2.37. The van der Waals surface area contributed by atoms with E-state index in [1.165, 1.54) is 13.0 Å². The van der Waals surface area contributed by atoms with Gasteiger partial charge in [-0.3, -0.25) is 4.79 Å². The fourth-order valence-electron chi connectivity index (χ4n) is 1.70. The molecule has 0 atom stereocenters. The van der Waals surface area contributed by atoms with Crippen molar-refractivity contribution in [1.29, 1.82) is 5.26 Å². The minimum Gasteiger partial charge on any atom is -0.466 e. The number of halogens is 6. The molecule has 1 aromatic carbocycles. The number of esters is 1. The minimum atomic E-state index is -5.11. The second-order valence-electron chi connectivity index (χ2n) is 4.15. The molecule has 23 heavy (non-hydrogen) atoms. The van der Waals surface area contributed by atoms with Crippen LogP contribution in [0.2, 0.25) is 0 Å². The van der Waals surface area contributed by atoms with E-state index in [0.717, 1.165) is 6.07 Å². The maximum atomic E-state index is 13.0. The van der Waals surface area contributed by atoms with Crippen LogP contribution in [0.3, 0.4) is 0 Å². The van der Waals surface area contributed by atoms with Crippen LogP contribution in [0, 0.1) is 11.3 Å². The number of rotatable bonds is 4. The van der Waals surface area contributed by atoms with Crippen molar-refractivity contribution >= 4 is 17.7 Å². The van der Waals surface area contributed by atoms with Gasteiger partial charge < -0.3 is 4.74 Å². The molecule has 0 unspecified atom stereocenters. The molecule has 0 N–H and O–H groups in total. The smallest absolute Gasteiger partial charge is 0.446 e. The Hall–Kier alpha value is -1.89. The predicted octanol–water partition coefficient (Wildman–Crippen LogP) is 4.29. The fourth-order valence-corrected chi connectivity index (χ4v) is 2.48. The first kappa shape index (κ1) is 19.2. The third kappa shape index (κ3) is 5.67. The van der Waals surface area contributed by atoms with E-state index in [1.807, 2.05) is 0 Å². The van der Waals surface area contributed by atoms with Gasteiger partial charge in [-0.1, -0.05) is 0 Å². The zero-order valence-electron chi connectivity index (χ0n) is 11.5. The second kappa shape index (κ2) is 7.12. The fraction of sp³-hybridized carbons (Fsp3) is 0.385. The number of hydrogen-bond acceptors (Lipinski definition) is 4. The highest BCUT2D eigenvalue weighted by Crippen LogP contribution is 2.45. The van der Waals surface area contributed by atoms with E-state index in [-0.39, 0.29) is 6.61 Å². The van der Waals surface area contributed by atoms with Gasteiger partial charge in [-0.05, 0) is 36.4 Å². The lowest BCUT2D eigenvalue weighted by Gasteiger charge is -2.18. The summed E-state index contributed by atoms with van der Waals surface area (Å²) in [4.78, 5) is 10.3.